The minimum atomic E-state index is -0.211. The molecule has 1 N–H and O–H groups in total. The number of ether oxygens (including phenoxy) is 3. The van der Waals surface area contributed by atoms with E-state index in [2.05, 4.69) is 40.6 Å². The molecule has 2 fully saturated rings. The van der Waals surface area contributed by atoms with E-state index < -0.39 is 0 Å². The molecule has 2 aromatic heterocycles. The molecule has 40 heavy (non-hydrogen) atoms. The van der Waals surface area contributed by atoms with Crippen molar-refractivity contribution < 1.29 is 23.8 Å². The van der Waals surface area contributed by atoms with E-state index in [1.165, 1.54) is 5.56 Å². The van der Waals surface area contributed by atoms with Crippen LogP contribution in [-0.4, -0.2) is 47.3 Å². The third-order valence-electron chi connectivity index (χ3n) is 8.19. The SMILES string of the molecule is CCOC(=O)C[C@H]1CC[C@H](c2ccc(-c3ccc4nc(C(=O)NCC5=CCC6OCOC6=C5)cn4c3)cc2)CC1. The summed E-state index contributed by atoms with van der Waals surface area (Å²) in [6, 6.07) is 12.8. The number of benzene rings is 1. The third-order valence-corrected chi connectivity index (χ3v) is 8.19. The van der Waals surface area contributed by atoms with Crippen molar-refractivity contribution in [1.29, 1.82) is 0 Å². The summed E-state index contributed by atoms with van der Waals surface area (Å²) in [5, 5.41) is 2.96. The zero-order chi connectivity index (χ0) is 27.5. The molecule has 0 bridgehead atoms. The van der Waals surface area contributed by atoms with Crippen molar-refractivity contribution in [3.8, 4) is 11.1 Å². The van der Waals surface area contributed by atoms with Gasteiger partial charge in [-0.3, -0.25) is 9.59 Å². The summed E-state index contributed by atoms with van der Waals surface area (Å²) >= 11 is 0. The Hall–Kier alpha value is -3.91. The van der Waals surface area contributed by atoms with Gasteiger partial charge in [0.15, 0.2) is 6.79 Å². The number of pyridine rings is 1. The first-order chi connectivity index (χ1) is 19.6. The van der Waals surface area contributed by atoms with Gasteiger partial charge in [-0.15, -0.1) is 0 Å². The van der Waals surface area contributed by atoms with Crippen LogP contribution >= 0.6 is 0 Å². The molecule has 1 atom stereocenters. The third kappa shape index (κ3) is 5.82. The van der Waals surface area contributed by atoms with Crippen molar-refractivity contribution >= 4 is 17.5 Å². The standard InChI is InChI=1S/C32H35N3O5/c1-2-38-31(36)16-21-3-6-23(7-4-21)24-8-10-25(11-9-24)26-12-14-30-34-27(19-35(30)18-26)32(37)33-17-22-5-13-28-29(15-22)40-20-39-28/h5,8-12,14-15,18-19,21,23,28H,2-4,6-7,13,16-17,20H2,1H3,(H,33,37)/t21-,23-,28?. The predicted molar refractivity (Wildman–Crippen MR) is 151 cm³/mol. The van der Waals surface area contributed by atoms with Gasteiger partial charge in [-0.1, -0.05) is 30.3 Å². The fourth-order valence-electron chi connectivity index (χ4n) is 5.95. The van der Waals surface area contributed by atoms with Gasteiger partial charge in [0.05, 0.1) is 6.61 Å². The van der Waals surface area contributed by atoms with Crippen LogP contribution in [0.5, 0.6) is 0 Å². The molecule has 3 heterocycles. The van der Waals surface area contributed by atoms with Crippen LogP contribution in [-0.2, 0) is 19.0 Å². The lowest BCUT2D eigenvalue weighted by Crippen LogP contribution is -2.26. The number of carbonyl (C=O) groups is 2. The van der Waals surface area contributed by atoms with Crippen molar-refractivity contribution in [2.75, 3.05) is 19.9 Å². The summed E-state index contributed by atoms with van der Waals surface area (Å²) in [6.07, 6.45) is 13.5. The van der Waals surface area contributed by atoms with Gasteiger partial charge in [0.2, 0.25) is 0 Å². The number of nitrogens with one attached hydrogen (secondary N) is 1. The lowest BCUT2D eigenvalue weighted by Gasteiger charge is -2.28. The molecule has 3 aliphatic rings. The Bertz CT molecular complexity index is 1450. The molecule has 208 valence electrons. The molecule has 1 unspecified atom stereocenters. The minimum absolute atomic E-state index is 0.00684. The largest absolute Gasteiger partial charge is 0.469 e. The van der Waals surface area contributed by atoms with E-state index in [1.807, 2.05) is 35.7 Å². The topological polar surface area (TPSA) is 91.2 Å². The second kappa shape index (κ2) is 11.7. The fraction of sp³-hybridized carbons (Fsp3) is 0.406. The highest BCUT2D eigenvalue weighted by molar-refractivity contribution is 5.93. The molecule has 0 radical (unpaired) electrons. The van der Waals surface area contributed by atoms with Gasteiger partial charge in [0, 0.05) is 25.4 Å². The summed E-state index contributed by atoms with van der Waals surface area (Å²) in [5.41, 5.74) is 5.65. The molecule has 1 aliphatic heterocycles. The summed E-state index contributed by atoms with van der Waals surface area (Å²) in [7, 11) is 0. The Morgan fingerprint density at radius 2 is 1.85 bits per heavy atom. The monoisotopic (exact) mass is 541 g/mol. The second-order valence-corrected chi connectivity index (χ2v) is 10.8. The number of rotatable bonds is 8. The molecular formula is C32H35N3O5. The van der Waals surface area contributed by atoms with Crippen LogP contribution in [0.25, 0.3) is 16.8 Å². The quantitative estimate of drug-likeness (QED) is 0.376. The lowest BCUT2D eigenvalue weighted by molar-refractivity contribution is -0.144. The van der Waals surface area contributed by atoms with Gasteiger partial charge in [-0.2, -0.15) is 0 Å². The molecule has 3 aromatic rings. The first kappa shape index (κ1) is 26.3. The molecular weight excluding hydrogens is 506 g/mol. The van der Waals surface area contributed by atoms with Crippen LogP contribution in [0.15, 0.2) is 72.3 Å². The number of nitrogens with zero attached hydrogens (tertiary/aromatic N) is 2. The smallest absolute Gasteiger partial charge is 0.306 e. The maximum absolute atomic E-state index is 12.8. The van der Waals surface area contributed by atoms with Crippen LogP contribution in [0.4, 0.5) is 0 Å². The maximum Gasteiger partial charge on any atom is 0.306 e. The maximum atomic E-state index is 12.8. The highest BCUT2D eigenvalue weighted by atomic mass is 16.7. The van der Waals surface area contributed by atoms with Crippen molar-refractivity contribution in [2.45, 2.75) is 57.5 Å². The molecule has 8 heteroatoms. The van der Waals surface area contributed by atoms with Crippen molar-refractivity contribution in [3.05, 3.63) is 83.5 Å². The van der Waals surface area contributed by atoms with Gasteiger partial charge >= 0.3 is 5.97 Å². The average Bonchev–Trinajstić information content (AvgIpc) is 3.63. The number of esters is 1. The van der Waals surface area contributed by atoms with Crippen molar-refractivity contribution in [3.63, 3.8) is 0 Å². The highest BCUT2D eigenvalue weighted by Gasteiger charge is 2.26. The Labute approximate surface area is 234 Å². The zero-order valence-electron chi connectivity index (χ0n) is 22.8. The van der Waals surface area contributed by atoms with Gasteiger partial charge in [0.25, 0.3) is 5.91 Å². The Kier molecular flexibility index (Phi) is 7.68. The lowest BCUT2D eigenvalue weighted by atomic mass is 9.77. The second-order valence-electron chi connectivity index (χ2n) is 10.8. The Balaban J connectivity index is 1.06. The highest BCUT2D eigenvalue weighted by Crippen LogP contribution is 2.38. The summed E-state index contributed by atoms with van der Waals surface area (Å²) in [6.45, 7) is 3.01. The van der Waals surface area contributed by atoms with Gasteiger partial charge in [-0.05, 0) is 91.3 Å². The normalized spacial score (nSPS) is 22.2. The average molecular weight is 542 g/mol. The summed E-state index contributed by atoms with van der Waals surface area (Å²) in [4.78, 5) is 29.1. The molecule has 1 aromatic carbocycles. The van der Waals surface area contributed by atoms with Crippen LogP contribution in [0.2, 0.25) is 0 Å². The Morgan fingerprint density at radius 3 is 2.65 bits per heavy atom. The number of hydrogen-bond donors (Lipinski definition) is 1. The minimum Gasteiger partial charge on any atom is -0.469 e. The number of hydrogen-bond acceptors (Lipinski definition) is 6. The molecule has 8 nitrogen and oxygen atoms in total. The molecule has 1 saturated carbocycles. The van der Waals surface area contributed by atoms with Crippen molar-refractivity contribution in [2.24, 2.45) is 5.92 Å². The number of fused-ring (bicyclic) bond motifs is 2. The van der Waals surface area contributed by atoms with E-state index in [-0.39, 0.29) is 24.8 Å². The van der Waals surface area contributed by atoms with E-state index in [0.29, 0.717) is 37.1 Å². The molecule has 2 aliphatic carbocycles. The van der Waals surface area contributed by atoms with Gasteiger partial charge in [0.1, 0.15) is 23.2 Å². The van der Waals surface area contributed by atoms with E-state index >= 15 is 0 Å². The number of carbonyl (C=O) groups excluding carboxylic acids is 2. The van der Waals surface area contributed by atoms with Gasteiger partial charge < -0.3 is 23.9 Å². The number of amides is 1. The van der Waals surface area contributed by atoms with Crippen molar-refractivity contribution in [1.82, 2.24) is 14.7 Å². The molecule has 1 saturated heterocycles. The predicted octanol–water partition coefficient (Wildman–Crippen LogP) is 5.55. The van der Waals surface area contributed by atoms with Crippen LogP contribution in [0.1, 0.15) is 67.4 Å². The molecule has 6 rings (SSSR count). The molecule has 1 amide bonds. The number of aromatic nitrogens is 2. The Morgan fingerprint density at radius 1 is 1.05 bits per heavy atom. The number of imidazole rings is 1. The summed E-state index contributed by atoms with van der Waals surface area (Å²) in [5.74, 6) is 1.52. The van der Waals surface area contributed by atoms with E-state index in [0.717, 1.165) is 60.2 Å². The first-order valence-corrected chi connectivity index (χ1v) is 14.2. The summed E-state index contributed by atoms with van der Waals surface area (Å²) < 4.78 is 18.0. The van der Waals surface area contributed by atoms with Gasteiger partial charge in [-0.25, -0.2) is 4.98 Å². The fourth-order valence-corrected chi connectivity index (χ4v) is 5.95. The zero-order valence-corrected chi connectivity index (χ0v) is 22.8. The van der Waals surface area contributed by atoms with E-state index in [9.17, 15) is 9.59 Å². The van der Waals surface area contributed by atoms with E-state index in [4.69, 9.17) is 14.2 Å². The first-order valence-electron chi connectivity index (χ1n) is 14.2. The van der Waals surface area contributed by atoms with Crippen LogP contribution in [0, 0.1) is 5.92 Å². The van der Waals surface area contributed by atoms with E-state index in [1.54, 1.807) is 6.20 Å². The van der Waals surface area contributed by atoms with Crippen LogP contribution < -0.4 is 5.32 Å². The molecule has 0 spiro atoms. The van der Waals surface area contributed by atoms with Crippen LogP contribution in [0.3, 0.4) is 0 Å².